The fourth-order valence-electron chi connectivity index (χ4n) is 2.76. The van der Waals surface area contributed by atoms with Crippen LogP contribution >= 0.6 is 11.3 Å². The third-order valence-corrected chi connectivity index (χ3v) is 4.90. The molecule has 1 heterocycles. The van der Waals surface area contributed by atoms with Crippen molar-refractivity contribution in [3.05, 3.63) is 59.6 Å². The van der Waals surface area contributed by atoms with Crippen LogP contribution in [0.4, 0.5) is 11.4 Å². The van der Waals surface area contributed by atoms with Crippen LogP contribution in [0.5, 0.6) is 5.75 Å². The molecule has 0 saturated carbocycles. The number of anilines is 2. The van der Waals surface area contributed by atoms with Crippen LogP contribution < -0.4 is 15.0 Å². The van der Waals surface area contributed by atoms with E-state index in [-0.39, 0.29) is 12.3 Å². The lowest BCUT2D eigenvalue weighted by atomic mass is 10.2. The van der Waals surface area contributed by atoms with Gasteiger partial charge in [0.2, 0.25) is 5.91 Å². The molecule has 1 aromatic heterocycles. The minimum Gasteiger partial charge on any atom is -0.493 e. The number of ether oxygens (including phenoxy) is 1. The predicted molar refractivity (Wildman–Crippen MR) is 112 cm³/mol. The van der Waals surface area contributed by atoms with Gasteiger partial charge in [0.25, 0.3) is 0 Å². The topological polar surface area (TPSA) is 54.5 Å². The van der Waals surface area contributed by atoms with E-state index in [0.717, 1.165) is 33.4 Å². The average Bonchev–Trinajstić information content (AvgIpc) is 3.11. The van der Waals surface area contributed by atoms with Gasteiger partial charge in [-0.3, -0.25) is 4.79 Å². The number of aromatic nitrogens is 1. The number of rotatable bonds is 7. The molecule has 27 heavy (non-hydrogen) atoms. The number of nitrogens with one attached hydrogen (secondary N) is 1. The van der Waals surface area contributed by atoms with E-state index < -0.39 is 0 Å². The Labute approximate surface area is 163 Å². The summed E-state index contributed by atoms with van der Waals surface area (Å²) in [6, 6.07) is 15.6. The number of nitrogens with zero attached hydrogens (tertiary/aromatic N) is 2. The van der Waals surface area contributed by atoms with E-state index in [4.69, 9.17) is 4.74 Å². The van der Waals surface area contributed by atoms with Gasteiger partial charge in [-0.25, -0.2) is 4.98 Å². The maximum absolute atomic E-state index is 12.5. The second-order valence-corrected chi connectivity index (χ2v) is 7.07. The molecule has 0 aliphatic heterocycles. The maximum Gasteiger partial charge on any atom is 0.230 e. The van der Waals surface area contributed by atoms with Gasteiger partial charge >= 0.3 is 0 Å². The van der Waals surface area contributed by atoms with Crippen molar-refractivity contribution in [1.82, 2.24) is 4.98 Å². The summed E-state index contributed by atoms with van der Waals surface area (Å²) < 4.78 is 5.68. The Morgan fingerprint density at radius 3 is 2.67 bits per heavy atom. The van der Waals surface area contributed by atoms with Gasteiger partial charge in [0.15, 0.2) is 0 Å². The lowest BCUT2D eigenvalue weighted by Crippen LogP contribution is -2.18. The van der Waals surface area contributed by atoms with Gasteiger partial charge < -0.3 is 15.0 Å². The summed E-state index contributed by atoms with van der Waals surface area (Å²) in [6.07, 6.45) is 0.231. The van der Waals surface area contributed by atoms with Crippen LogP contribution in [0, 0.1) is 0 Å². The summed E-state index contributed by atoms with van der Waals surface area (Å²) >= 11 is 1.52. The number of thiazole rings is 1. The van der Waals surface area contributed by atoms with Crippen molar-refractivity contribution in [2.75, 3.05) is 30.9 Å². The van der Waals surface area contributed by atoms with Gasteiger partial charge in [-0.1, -0.05) is 24.3 Å². The highest BCUT2D eigenvalue weighted by Crippen LogP contribution is 2.32. The molecule has 0 aliphatic rings. The molecule has 0 saturated heterocycles. The Morgan fingerprint density at radius 1 is 1.15 bits per heavy atom. The van der Waals surface area contributed by atoms with Gasteiger partial charge in [0.05, 0.1) is 35.7 Å². The Kier molecular flexibility index (Phi) is 6.08. The predicted octanol–water partition coefficient (Wildman–Crippen LogP) is 4.46. The van der Waals surface area contributed by atoms with Crippen molar-refractivity contribution in [1.29, 1.82) is 0 Å². The summed E-state index contributed by atoms with van der Waals surface area (Å²) in [7, 11) is 3.90. The molecule has 0 radical (unpaired) electrons. The summed E-state index contributed by atoms with van der Waals surface area (Å²) in [6.45, 7) is 2.56. The highest BCUT2D eigenvalue weighted by Gasteiger charge is 2.13. The van der Waals surface area contributed by atoms with Crippen LogP contribution in [0.15, 0.2) is 53.9 Å². The minimum atomic E-state index is -0.0840. The lowest BCUT2D eigenvalue weighted by molar-refractivity contribution is -0.115. The summed E-state index contributed by atoms with van der Waals surface area (Å²) in [4.78, 5) is 19.1. The van der Waals surface area contributed by atoms with E-state index in [1.54, 1.807) is 0 Å². The van der Waals surface area contributed by atoms with E-state index in [2.05, 4.69) is 10.3 Å². The van der Waals surface area contributed by atoms with Crippen molar-refractivity contribution in [2.24, 2.45) is 0 Å². The molecule has 0 atom stereocenters. The molecule has 6 heteroatoms. The zero-order chi connectivity index (χ0) is 19.2. The molecular weight excluding hydrogens is 358 g/mol. The van der Waals surface area contributed by atoms with Crippen LogP contribution in [0.3, 0.4) is 0 Å². The minimum absolute atomic E-state index is 0.0840. The van der Waals surface area contributed by atoms with Crippen LogP contribution in [-0.4, -0.2) is 31.6 Å². The van der Waals surface area contributed by atoms with E-state index in [0.29, 0.717) is 6.61 Å². The zero-order valence-electron chi connectivity index (χ0n) is 15.7. The Morgan fingerprint density at radius 2 is 1.89 bits per heavy atom. The number of carbonyl (C=O) groups is 1. The van der Waals surface area contributed by atoms with E-state index in [1.807, 2.05) is 79.8 Å². The van der Waals surface area contributed by atoms with E-state index in [1.165, 1.54) is 11.3 Å². The highest BCUT2D eigenvalue weighted by atomic mass is 32.1. The molecule has 1 N–H and O–H groups in total. The highest BCUT2D eigenvalue weighted by molar-refractivity contribution is 7.13. The monoisotopic (exact) mass is 381 g/mol. The van der Waals surface area contributed by atoms with Crippen molar-refractivity contribution < 1.29 is 9.53 Å². The fraction of sp³-hybridized carbons (Fsp3) is 0.238. The number of carbonyl (C=O) groups excluding carboxylic acids is 1. The molecule has 3 aromatic rings. The van der Waals surface area contributed by atoms with E-state index >= 15 is 0 Å². The second-order valence-electron chi connectivity index (χ2n) is 6.21. The van der Waals surface area contributed by atoms with Gasteiger partial charge in [-0.05, 0) is 31.2 Å². The summed E-state index contributed by atoms with van der Waals surface area (Å²) in [5.74, 6) is 0.726. The van der Waals surface area contributed by atoms with Crippen LogP contribution in [0.2, 0.25) is 0 Å². The largest absolute Gasteiger partial charge is 0.493 e. The molecule has 0 unspecified atom stereocenters. The first-order valence-electron chi connectivity index (χ1n) is 8.81. The molecule has 140 valence electrons. The normalized spacial score (nSPS) is 10.5. The first-order chi connectivity index (χ1) is 13.1. The lowest BCUT2D eigenvalue weighted by Gasteiger charge is -2.17. The number of hydrogen-bond acceptors (Lipinski definition) is 5. The molecule has 0 fully saturated rings. The average molecular weight is 382 g/mol. The van der Waals surface area contributed by atoms with Crippen LogP contribution in [0.1, 0.15) is 12.6 Å². The maximum atomic E-state index is 12.5. The van der Waals surface area contributed by atoms with Crippen LogP contribution in [-0.2, 0) is 11.2 Å². The summed E-state index contributed by atoms with van der Waals surface area (Å²) in [5, 5.41) is 5.76. The van der Waals surface area contributed by atoms with Gasteiger partial charge in [0, 0.05) is 19.5 Å². The smallest absolute Gasteiger partial charge is 0.230 e. The molecule has 0 aliphatic carbocycles. The fourth-order valence-corrected chi connectivity index (χ4v) is 3.61. The number of amides is 1. The zero-order valence-corrected chi connectivity index (χ0v) is 16.5. The van der Waals surface area contributed by atoms with Crippen molar-refractivity contribution in [2.45, 2.75) is 13.3 Å². The molecule has 2 aromatic carbocycles. The van der Waals surface area contributed by atoms with Crippen LogP contribution in [0.25, 0.3) is 10.6 Å². The Hall–Kier alpha value is -2.86. The molecule has 0 bridgehead atoms. The van der Waals surface area contributed by atoms with Gasteiger partial charge in [0.1, 0.15) is 10.8 Å². The van der Waals surface area contributed by atoms with Gasteiger partial charge in [-0.2, -0.15) is 0 Å². The number of benzene rings is 2. The Bertz CT molecular complexity index is 921. The number of para-hydroxylation sites is 3. The molecule has 0 spiro atoms. The first-order valence-corrected chi connectivity index (χ1v) is 9.69. The first kappa shape index (κ1) is 18.9. The van der Waals surface area contributed by atoms with Crippen molar-refractivity contribution in [3.63, 3.8) is 0 Å². The molecule has 1 amide bonds. The van der Waals surface area contributed by atoms with E-state index in [9.17, 15) is 4.79 Å². The molecular formula is C21H23N3O2S. The second kappa shape index (κ2) is 8.68. The van der Waals surface area contributed by atoms with Crippen molar-refractivity contribution >= 4 is 28.6 Å². The third kappa shape index (κ3) is 4.65. The third-order valence-electron chi connectivity index (χ3n) is 3.97. The standard InChI is InChI=1S/C21H23N3O2S/c1-4-26-19-12-8-5-9-16(19)21-22-15(14-27-21)13-20(25)23-17-10-6-7-11-18(17)24(2)3/h5-12,14H,4,13H2,1-3H3,(H,23,25). The van der Waals surface area contributed by atoms with Crippen molar-refractivity contribution in [3.8, 4) is 16.3 Å². The molecule has 5 nitrogen and oxygen atoms in total. The van der Waals surface area contributed by atoms with Gasteiger partial charge in [-0.15, -0.1) is 11.3 Å². The molecule has 3 rings (SSSR count). The number of hydrogen-bond donors (Lipinski definition) is 1. The SMILES string of the molecule is CCOc1ccccc1-c1nc(CC(=O)Nc2ccccc2N(C)C)cs1. The Balaban J connectivity index is 1.72. The summed E-state index contributed by atoms with van der Waals surface area (Å²) in [5.41, 5.74) is 3.47. The quantitative estimate of drug-likeness (QED) is 0.657.